The molecule has 4 rings (SSSR count). The molecule has 0 aromatic heterocycles. The van der Waals surface area contributed by atoms with Gasteiger partial charge in [-0.25, -0.2) is 10.2 Å². The molecular weight excluding hydrogens is 741 g/mol. The smallest absolute Gasteiger partial charge is 0.338 e. The minimum atomic E-state index is -0.653. The topological polar surface area (TPSA) is 163 Å². The maximum atomic E-state index is 12.8. The van der Waals surface area contributed by atoms with Gasteiger partial charge in [-0.1, -0.05) is 30.3 Å². The van der Waals surface area contributed by atoms with E-state index in [0.717, 1.165) is 0 Å². The number of para-hydroxylation sites is 1. The van der Waals surface area contributed by atoms with Crippen molar-refractivity contribution in [2.24, 2.45) is 5.10 Å². The average molecular weight is 774 g/mol. The standard InChI is InChI=1S/C32H32IN5O8S/c1-4-43-26-15-21(14-24(33)30(26)46-17-20-9-8-10-22(13-20)38(41)42)16-34-37-27(39)18-45-25-12-7-6-11-23(25)29-28(31(40)44-5-2)19(3)35-32(47)36-29/h6-16,29H,4-5,17-18H2,1-3H3,(H,37,39)(H2,35,36,47)/t29-/m1/s1. The fraction of sp³-hybridized carbons (Fsp3) is 0.250. The van der Waals surface area contributed by atoms with Crippen LogP contribution in [0.25, 0.3) is 0 Å². The van der Waals surface area contributed by atoms with Gasteiger partial charge in [-0.2, -0.15) is 5.10 Å². The molecule has 1 aliphatic heterocycles. The van der Waals surface area contributed by atoms with Crippen LogP contribution < -0.4 is 30.3 Å². The number of non-ortho nitro benzene ring substituents is 1. The van der Waals surface area contributed by atoms with Crippen LogP contribution in [0.15, 0.2) is 77.0 Å². The second-order valence-corrected chi connectivity index (χ2v) is 11.5. The number of thiocarbonyl (C=S) groups is 1. The number of nitrogens with zero attached hydrogens (tertiary/aromatic N) is 2. The number of amides is 1. The predicted molar refractivity (Wildman–Crippen MR) is 186 cm³/mol. The van der Waals surface area contributed by atoms with Crippen LogP contribution in [0.1, 0.15) is 43.5 Å². The zero-order chi connectivity index (χ0) is 33.9. The van der Waals surface area contributed by atoms with Gasteiger partial charge in [0.05, 0.1) is 39.5 Å². The fourth-order valence-corrected chi connectivity index (χ4v) is 5.64. The Morgan fingerprint density at radius 2 is 1.85 bits per heavy atom. The number of allylic oxidation sites excluding steroid dienone is 1. The van der Waals surface area contributed by atoms with E-state index in [1.165, 1.54) is 18.3 Å². The first-order valence-electron chi connectivity index (χ1n) is 14.4. The highest BCUT2D eigenvalue weighted by Crippen LogP contribution is 2.35. The highest BCUT2D eigenvalue weighted by Gasteiger charge is 2.32. The molecule has 0 radical (unpaired) electrons. The van der Waals surface area contributed by atoms with Gasteiger partial charge in [-0.3, -0.25) is 14.9 Å². The van der Waals surface area contributed by atoms with Gasteiger partial charge in [0, 0.05) is 23.4 Å². The van der Waals surface area contributed by atoms with Crippen molar-refractivity contribution in [3.63, 3.8) is 0 Å². The number of esters is 1. The quantitative estimate of drug-likeness (QED) is 0.0502. The van der Waals surface area contributed by atoms with Gasteiger partial charge in [0.2, 0.25) is 0 Å². The minimum Gasteiger partial charge on any atom is -0.490 e. The average Bonchev–Trinajstić information content (AvgIpc) is 3.03. The SMILES string of the molecule is CCOC(=O)C1=C(C)NC(=S)N[C@@H]1c1ccccc1OCC(=O)NN=Cc1cc(I)c(OCc2cccc([N+](=O)[O-])c2)c(OCC)c1. The summed E-state index contributed by atoms with van der Waals surface area (Å²) in [6.07, 6.45) is 1.46. The third-order valence-corrected chi connectivity index (χ3v) is 7.61. The van der Waals surface area contributed by atoms with Crippen LogP contribution in [0.3, 0.4) is 0 Å². The first kappa shape index (κ1) is 35.1. The number of hydrogen-bond acceptors (Lipinski definition) is 10. The summed E-state index contributed by atoms with van der Waals surface area (Å²) >= 11 is 7.42. The van der Waals surface area contributed by atoms with Gasteiger partial charge in [-0.15, -0.1) is 0 Å². The largest absolute Gasteiger partial charge is 0.490 e. The molecule has 3 aromatic carbocycles. The number of carbonyl (C=O) groups excluding carboxylic acids is 2. The summed E-state index contributed by atoms with van der Waals surface area (Å²) < 4.78 is 23.6. The lowest BCUT2D eigenvalue weighted by atomic mass is 9.95. The lowest BCUT2D eigenvalue weighted by Gasteiger charge is -2.30. The summed E-state index contributed by atoms with van der Waals surface area (Å²) in [4.78, 5) is 36.1. The van der Waals surface area contributed by atoms with E-state index in [1.54, 1.807) is 62.4 Å². The van der Waals surface area contributed by atoms with E-state index in [2.05, 4.69) is 43.8 Å². The van der Waals surface area contributed by atoms with Crippen molar-refractivity contribution < 1.29 is 33.5 Å². The van der Waals surface area contributed by atoms with E-state index in [1.807, 2.05) is 6.92 Å². The van der Waals surface area contributed by atoms with E-state index in [0.29, 0.717) is 60.5 Å². The maximum Gasteiger partial charge on any atom is 0.338 e. The van der Waals surface area contributed by atoms with Gasteiger partial charge >= 0.3 is 5.97 Å². The van der Waals surface area contributed by atoms with Crippen LogP contribution in [0.5, 0.6) is 17.2 Å². The summed E-state index contributed by atoms with van der Waals surface area (Å²) in [5.41, 5.74) is 5.21. The fourth-order valence-electron chi connectivity index (χ4n) is 4.59. The third kappa shape index (κ3) is 9.38. The molecule has 0 aliphatic carbocycles. The van der Waals surface area contributed by atoms with Crippen LogP contribution in [-0.4, -0.2) is 47.9 Å². The van der Waals surface area contributed by atoms with E-state index < -0.39 is 22.8 Å². The molecule has 15 heteroatoms. The number of nitro benzene ring substituents is 1. The minimum absolute atomic E-state index is 0.0205. The third-order valence-electron chi connectivity index (χ3n) is 6.59. The molecule has 0 bridgehead atoms. The summed E-state index contributed by atoms with van der Waals surface area (Å²) in [5.74, 6) is 0.296. The lowest BCUT2D eigenvalue weighted by Crippen LogP contribution is -2.45. The number of hydrazone groups is 1. The lowest BCUT2D eigenvalue weighted by molar-refractivity contribution is -0.384. The Kier molecular flexibility index (Phi) is 12.5. The maximum absolute atomic E-state index is 12.8. The van der Waals surface area contributed by atoms with Gasteiger partial charge in [0.15, 0.2) is 23.2 Å². The van der Waals surface area contributed by atoms with Crippen LogP contribution in [-0.2, 0) is 20.9 Å². The van der Waals surface area contributed by atoms with Crippen LogP contribution in [0.4, 0.5) is 5.69 Å². The van der Waals surface area contributed by atoms with Gasteiger partial charge in [-0.05, 0) is 84.9 Å². The first-order chi connectivity index (χ1) is 22.6. The van der Waals surface area contributed by atoms with Crippen LogP contribution in [0, 0.1) is 13.7 Å². The van der Waals surface area contributed by atoms with Crippen molar-refractivity contribution in [3.8, 4) is 17.2 Å². The number of ether oxygens (including phenoxy) is 4. The molecule has 1 atom stereocenters. The van der Waals surface area contributed by atoms with Crippen molar-refractivity contribution in [2.45, 2.75) is 33.4 Å². The van der Waals surface area contributed by atoms with Gasteiger partial charge in [0.25, 0.3) is 11.6 Å². The van der Waals surface area contributed by atoms with E-state index in [4.69, 9.17) is 31.2 Å². The second kappa shape index (κ2) is 16.7. The monoisotopic (exact) mass is 773 g/mol. The van der Waals surface area contributed by atoms with Crippen LogP contribution in [0.2, 0.25) is 0 Å². The van der Waals surface area contributed by atoms with E-state index in [-0.39, 0.29) is 25.5 Å². The Balaban J connectivity index is 1.41. The molecule has 47 heavy (non-hydrogen) atoms. The molecule has 3 N–H and O–H groups in total. The summed E-state index contributed by atoms with van der Waals surface area (Å²) in [7, 11) is 0. The van der Waals surface area contributed by atoms with Crippen molar-refractivity contribution in [2.75, 3.05) is 19.8 Å². The van der Waals surface area contributed by atoms with Crippen molar-refractivity contribution >= 4 is 63.7 Å². The molecule has 246 valence electrons. The molecule has 0 saturated carbocycles. The molecular formula is C32H32IN5O8S. The summed E-state index contributed by atoms with van der Waals surface area (Å²) in [6.45, 7) is 5.62. The highest BCUT2D eigenvalue weighted by atomic mass is 127. The zero-order valence-corrected chi connectivity index (χ0v) is 28.7. The molecule has 3 aromatic rings. The number of hydrogen-bond donors (Lipinski definition) is 3. The number of carbonyl (C=O) groups is 2. The Bertz CT molecular complexity index is 1730. The van der Waals surface area contributed by atoms with Crippen LogP contribution >= 0.6 is 34.8 Å². The molecule has 0 unspecified atom stereocenters. The van der Waals surface area contributed by atoms with Crippen molar-refractivity contribution in [1.29, 1.82) is 0 Å². The normalized spacial score (nSPS) is 14.2. The van der Waals surface area contributed by atoms with E-state index in [9.17, 15) is 19.7 Å². The summed E-state index contributed by atoms with van der Waals surface area (Å²) in [5, 5.41) is 21.5. The number of halogens is 1. The molecule has 13 nitrogen and oxygen atoms in total. The number of rotatable bonds is 14. The Labute approximate surface area is 290 Å². The zero-order valence-electron chi connectivity index (χ0n) is 25.7. The number of benzene rings is 3. The molecule has 0 saturated heterocycles. The molecule has 1 amide bonds. The van der Waals surface area contributed by atoms with E-state index >= 15 is 0 Å². The molecule has 0 spiro atoms. The van der Waals surface area contributed by atoms with Gasteiger partial charge < -0.3 is 29.6 Å². The number of nitrogens with one attached hydrogen (secondary N) is 3. The Hall–Kier alpha value is -4.77. The van der Waals surface area contributed by atoms with Gasteiger partial charge in [0.1, 0.15) is 12.4 Å². The molecule has 1 heterocycles. The van der Waals surface area contributed by atoms with Crippen molar-refractivity contribution in [3.05, 3.63) is 102 Å². The van der Waals surface area contributed by atoms with Crippen molar-refractivity contribution in [1.82, 2.24) is 16.1 Å². The molecule has 0 fully saturated rings. The number of nitro groups is 1. The molecule has 1 aliphatic rings. The highest BCUT2D eigenvalue weighted by molar-refractivity contribution is 14.1. The Morgan fingerprint density at radius 3 is 2.60 bits per heavy atom. The predicted octanol–water partition coefficient (Wildman–Crippen LogP) is 5.06. The Morgan fingerprint density at radius 1 is 1.06 bits per heavy atom. The summed E-state index contributed by atoms with van der Waals surface area (Å²) in [6, 6.07) is 16.1. The second-order valence-electron chi connectivity index (χ2n) is 9.89. The first-order valence-corrected chi connectivity index (χ1v) is 15.9.